The van der Waals surface area contributed by atoms with Crippen LogP contribution in [0.2, 0.25) is 0 Å². The number of aromatic nitrogens is 1. The highest BCUT2D eigenvalue weighted by molar-refractivity contribution is 7.17. The van der Waals surface area contributed by atoms with Crippen LogP contribution < -0.4 is 5.73 Å². The van der Waals surface area contributed by atoms with Gasteiger partial charge in [-0.05, 0) is 42.5 Å². The van der Waals surface area contributed by atoms with Crippen LogP contribution in [0.1, 0.15) is 41.8 Å². The summed E-state index contributed by atoms with van der Waals surface area (Å²) in [5, 5.41) is 0. The van der Waals surface area contributed by atoms with Gasteiger partial charge in [0.15, 0.2) is 0 Å². The maximum Gasteiger partial charge on any atom is 0.0494 e. The van der Waals surface area contributed by atoms with Gasteiger partial charge >= 0.3 is 0 Å². The van der Waals surface area contributed by atoms with Crippen LogP contribution in [0.25, 0.3) is 0 Å². The second kappa shape index (κ2) is 3.18. The summed E-state index contributed by atoms with van der Waals surface area (Å²) in [6, 6.07) is 0. The number of nitrogen functional groups attached to an aromatic ring is 1. The molecule has 2 nitrogen and oxygen atoms in total. The number of hydrogen-bond donors (Lipinski definition) is 1. The van der Waals surface area contributed by atoms with Crippen molar-refractivity contribution in [3.63, 3.8) is 0 Å². The third kappa shape index (κ3) is 1.24. The molecule has 1 aromatic heterocycles. The Morgan fingerprint density at radius 3 is 2.93 bits per heavy atom. The van der Waals surface area contributed by atoms with E-state index >= 15 is 0 Å². The van der Waals surface area contributed by atoms with E-state index in [0.717, 1.165) is 24.9 Å². The highest BCUT2D eigenvalue weighted by atomic mass is 31.0. The lowest BCUT2D eigenvalue weighted by Gasteiger charge is -2.11. The van der Waals surface area contributed by atoms with Crippen LogP contribution >= 0.6 is 9.24 Å². The monoisotopic (exact) mass is 220 g/mol. The molecule has 0 aromatic carbocycles. The average Bonchev–Trinajstić information content (AvgIpc) is 2.77. The first-order chi connectivity index (χ1) is 7.18. The third-order valence-electron chi connectivity index (χ3n) is 3.92. The minimum Gasteiger partial charge on any atom is -0.398 e. The topological polar surface area (TPSA) is 38.9 Å². The van der Waals surface area contributed by atoms with Crippen LogP contribution in [0.4, 0.5) is 5.69 Å². The quantitative estimate of drug-likeness (QED) is 0.680. The molecule has 0 bridgehead atoms. The van der Waals surface area contributed by atoms with Crippen molar-refractivity contribution in [2.75, 3.05) is 5.73 Å². The predicted molar refractivity (Wildman–Crippen MR) is 66.3 cm³/mol. The van der Waals surface area contributed by atoms with Crippen molar-refractivity contribution in [2.24, 2.45) is 0 Å². The zero-order chi connectivity index (χ0) is 10.6. The van der Waals surface area contributed by atoms with E-state index in [1.807, 2.05) is 0 Å². The fourth-order valence-electron chi connectivity index (χ4n) is 2.88. The van der Waals surface area contributed by atoms with E-state index in [4.69, 9.17) is 10.7 Å². The first-order valence-corrected chi connectivity index (χ1v) is 6.40. The summed E-state index contributed by atoms with van der Waals surface area (Å²) in [7, 11) is 2.93. The van der Waals surface area contributed by atoms with Crippen LogP contribution in [0, 0.1) is 0 Å². The van der Waals surface area contributed by atoms with Gasteiger partial charge in [0.1, 0.15) is 0 Å². The number of nitrogens with zero attached hydrogens (tertiary/aromatic N) is 1. The average molecular weight is 220 g/mol. The molecule has 2 N–H and O–H groups in total. The number of rotatable bonds is 0. The molecule has 0 spiro atoms. The summed E-state index contributed by atoms with van der Waals surface area (Å²) in [5.41, 5.74) is 13.2. The smallest absolute Gasteiger partial charge is 0.0494 e. The number of nitrogens with two attached hydrogens (primary N) is 1. The Kier molecular flexibility index (Phi) is 2.04. The van der Waals surface area contributed by atoms with Crippen molar-refractivity contribution < 1.29 is 0 Å². The largest absolute Gasteiger partial charge is 0.398 e. The van der Waals surface area contributed by atoms with Gasteiger partial charge in [-0.25, -0.2) is 0 Å². The van der Waals surface area contributed by atoms with Gasteiger partial charge in [-0.3, -0.25) is 4.98 Å². The van der Waals surface area contributed by atoms with Crippen molar-refractivity contribution in [3.05, 3.63) is 22.5 Å². The van der Waals surface area contributed by atoms with Gasteiger partial charge in [0.2, 0.25) is 0 Å². The lowest BCUT2D eigenvalue weighted by Crippen LogP contribution is -2.04. The second-order valence-electron chi connectivity index (χ2n) is 4.82. The van der Waals surface area contributed by atoms with Gasteiger partial charge in [0, 0.05) is 23.0 Å². The van der Waals surface area contributed by atoms with Crippen molar-refractivity contribution in [1.29, 1.82) is 0 Å². The van der Waals surface area contributed by atoms with E-state index in [-0.39, 0.29) is 0 Å². The summed E-state index contributed by atoms with van der Waals surface area (Å²) < 4.78 is 0. The van der Waals surface area contributed by atoms with E-state index in [1.165, 1.54) is 28.9 Å². The fraction of sp³-hybridized carbons (Fsp3) is 0.583. The standard InChI is InChI=1S/C12H17N2P/c1-6-10(15)5-8-11(13)7-3-2-4-9(7)14-12(6)8/h6,10H,2-5,15H2,1H3,(H2,13,14). The van der Waals surface area contributed by atoms with Crippen LogP contribution in [-0.2, 0) is 19.3 Å². The van der Waals surface area contributed by atoms with Gasteiger partial charge in [-0.15, -0.1) is 9.24 Å². The summed E-state index contributed by atoms with van der Waals surface area (Å²) in [6.07, 6.45) is 4.58. The summed E-state index contributed by atoms with van der Waals surface area (Å²) in [5.74, 6) is 0.554. The third-order valence-corrected chi connectivity index (χ3v) is 4.73. The lowest BCUT2D eigenvalue weighted by molar-refractivity contribution is 0.744. The first-order valence-electron chi connectivity index (χ1n) is 5.74. The molecule has 3 atom stereocenters. The van der Waals surface area contributed by atoms with E-state index in [9.17, 15) is 0 Å². The highest BCUT2D eigenvalue weighted by Gasteiger charge is 2.32. The Bertz CT molecular complexity index is 428. The van der Waals surface area contributed by atoms with Crippen molar-refractivity contribution in [3.8, 4) is 0 Å². The Morgan fingerprint density at radius 1 is 1.33 bits per heavy atom. The molecule has 0 amide bonds. The zero-order valence-electron chi connectivity index (χ0n) is 9.09. The second-order valence-corrected chi connectivity index (χ2v) is 5.68. The maximum absolute atomic E-state index is 6.26. The number of anilines is 1. The lowest BCUT2D eigenvalue weighted by atomic mass is 10.0. The molecule has 2 aliphatic carbocycles. The molecule has 1 aromatic rings. The van der Waals surface area contributed by atoms with Crippen molar-refractivity contribution >= 4 is 14.9 Å². The van der Waals surface area contributed by atoms with Crippen molar-refractivity contribution in [1.82, 2.24) is 4.98 Å². The number of fused-ring (bicyclic) bond motifs is 2. The number of hydrogen-bond acceptors (Lipinski definition) is 2. The SMILES string of the molecule is CC1c2nc3c(c(N)c2CC1P)CCC3. The van der Waals surface area contributed by atoms with Gasteiger partial charge in [-0.1, -0.05) is 6.92 Å². The Balaban J connectivity index is 2.21. The molecule has 3 heteroatoms. The van der Waals surface area contributed by atoms with Gasteiger partial charge in [-0.2, -0.15) is 0 Å². The zero-order valence-corrected chi connectivity index (χ0v) is 10.2. The van der Waals surface area contributed by atoms with Crippen LogP contribution in [0.15, 0.2) is 0 Å². The Hall–Kier alpha value is -0.620. The molecular formula is C12H17N2P. The van der Waals surface area contributed by atoms with Gasteiger partial charge in [0.05, 0.1) is 0 Å². The van der Waals surface area contributed by atoms with Crippen LogP contribution in [0.3, 0.4) is 0 Å². The van der Waals surface area contributed by atoms with Crippen LogP contribution in [0.5, 0.6) is 0 Å². The molecular weight excluding hydrogens is 203 g/mol. The van der Waals surface area contributed by atoms with Crippen molar-refractivity contribution in [2.45, 2.75) is 44.2 Å². The summed E-state index contributed by atoms with van der Waals surface area (Å²) >= 11 is 0. The highest BCUT2D eigenvalue weighted by Crippen LogP contribution is 2.42. The maximum atomic E-state index is 6.26. The molecule has 0 saturated carbocycles. The van der Waals surface area contributed by atoms with E-state index < -0.39 is 0 Å². The van der Waals surface area contributed by atoms with Gasteiger partial charge < -0.3 is 5.73 Å². The molecule has 2 aliphatic rings. The predicted octanol–water partition coefficient (Wildman–Crippen LogP) is 2.06. The van der Waals surface area contributed by atoms with E-state index in [0.29, 0.717) is 11.6 Å². The summed E-state index contributed by atoms with van der Waals surface area (Å²) in [6.45, 7) is 2.26. The molecule has 0 saturated heterocycles. The molecule has 80 valence electrons. The Morgan fingerprint density at radius 2 is 2.13 bits per heavy atom. The van der Waals surface area contributed by atoms with E-state index in [2.05, 4.69) is 16.2 Å². The molecule has 3 rings (SSSR count). The molecule has 0 radical (unpaired) electrons. The minimum absolute atomic E-state index is 0.554. The van der Waals surface area contributed by atoms with Crippen LogP contribution in [-0.4, -0.2) is 10.6 Å². The molecule has 1 heterocycles. The number of aryl methyl sites for hydroxylation is 1. The normalized spacial score (nSPS) is 27.9. The molecule has 0 aliphatic heterocycles. The molecule has 15 heavy (non-hydrogen) atoms. The minimum atomic E-state index is 0.554. The fourth-order valence-corrected chi connectivity index (χ4v) is 3.30. The molecule has 0 fully saturated rings. The summed E-state index contributed by atoms with van der Waals surface area (Å²) in [4.78, 5) is 4.83. The Labute approximate surface area is 92.9 Å². The van der Waals surface area contributed by atoms with Gasteiger partial charge in [0.25, 0.3) is 0 Å². The number of pyridine rings is 1. The van der Waals surface area contributed by atoms with E-state index in [1.54, 1.807) is 0 Å². The molecule has 3 unspecified atom stereocenters. The first kappa shape index (κ1) is 9.59.